The minimum Gasteiger partial charge on any atom is -0.366 e. The lowest BCUT2D eigenvalue weighted by molar-refractivity contribution is 0.0728. The first-order valence-electron chi connectivity index (χ1n) is 9.28. The highest BCUT2D eigenvalue weighted by atomic mass is 35.5. The number of hydrogen-bond donors (Lipinski definition) is 1. The Labute approximate surface area is 169 Å². The maximum Gasteiger partial charge on any atom is 0.272 e. The molecule has 1 N–H and O–H groups in total. The van der Waals surface area contributed by atoms with Crippen LogP contribution in [0.2, 0.25) is 5.02 Å². The number of rotatable bonds is 4. The summed E-state index contributed by atoms with van der Waals surface area (Å²) < 4.78 is 0. The molecule has 0 fully saturated rings. The summed E-state index contributed by atoms with van der Waals surface area (Å²) in [5.74, 6) is 1.15. The molecule has 6 heteroatoms. The molecule has 0 saturated carbocycles. The Morgan fingerprint density at radius 3 is 2.64 bits per heavy atom. The van der Waals surface area contributed by atoms with Gasteiger partial charge in [0, 0.05) is 30.7 Å². The molecule has 0 bridgehead atoms. The second kappa shape index (κ2) is 7.98. The van der Waals surface area contributed by atoms with Crippen LogP contribution in [0.15, 0.2) is 54.6 Å². The van der Waals surface area contributed by atoms with Crippen molar-refractivity contribution < 1.29 is 4.79 Å². The van der Waals surface area contributed by atoms with Gasteiger partial charge >= 0.3 is 0 Å². The van der Waals surface area contributed by atoms with Crippen LogP contribution in [0, 0.1) is 6.92 Å². The van der Waals surface area contributed by atoms with Gasteiger partial charge in [0.1, 0.15) is 17.3 Å². The van der Waals surface area contributed by atoms with Crippen molar-refractivity contribution in [3.63, 3.8) is 0 Å². The SMILES string of the molecule is Cc1nc(NCc2ccc(Cl)cc2)cc(C(=O)N2CCc3ccccc3C2)n1. The summed E-state index contributed by atoms with van der Waals surface area (Å²) in [6.45, 7) is 3.71. The van der Waals surface area contributed by atoms with Gasteiger partial charge in [0.2, 0.25) is 0 Å². The number of nitrogens with zero attached hydrogens (tertiary/aromatic N) is 3. The normalized spacial score (nSPS) is 13.1. The van der Waals surface area contributed by atoms with Crippen molar-refractivity contribution in [2.24, 2.45) is 0 Å². The largest absolute Gasteiger partial charge is 0.366 e. The number of aryl methyl sites for hydroxylation is 1. The molecule has 0 radical (unpaired) electrons. The highest BCUT2D eigenvalue weighted by molar-refractivity contribution is 6.30. The van der Waals surface area contributed by atoms with Gasteiger partial charge in [-0.3, -0.25) is 4.79 Å². The molecule has 0 spiro atoms. The predicted molar refractivity (Wildman–Crippen MR) is 110 cm³/mol. The number of carbonyl (C=O) groups excluding carboxylic acids is 1. The smallest absolute Gasteiger partial charge is 0.272 e. The van der Waals surface area contributed by atoms with E-state index in [1.54, 1.807) is 13.0 Å². The molecule has 0 saturated heterocycles. The van der Waals surface area contributed by atoms with Crippen LogP contribution in [0.4, 0.5) is 5.82 Å². The molecule has 2 heterocycles. The molecule has 0 atom stereocenters. The molecule has 142 valence electrons. The van der Waals surface area contributed by atoms with Crippen LogP contribution < -0.4 is 5.32 Å². The van der Waals surface area contributed by atoms with Gasteiger partial charge in [-0.1, -0.05) is 48.0 Å². The fourth-order valence-electron chi connectivity index (χ4n) is 3.39. The average Bonchev–Trinajstić information content (AvgIpc) is 2.72. The Kier molecular flexibility index (Phi) is 5.26. The first kappa shape index (κ1) is 18.4. The number of carbonyl (C=O) groups is 1. The Bertz CT molecular complexity index is 1000. The molecule has 5 nitrogen and oxygen atoms in total. The maximum atomic E-state index is 13.0. The van der Waals surface area contributed by atoms with Crippen LogP contribution >= 0.6 is 11.6 Å². The quantitative estimate of drug-likeness (QED) is 0.721. The zero-order valence-electron chi connectivity index (χ0n) is 15.7. The third-order valence-corrected chi connectivity index (χ3v) is 5.11. The van der Waals surface area contributed by atoms with E-state index in [9.17, 15) is 4.79 Å². The maximum absolute atomic E-state index is 13.0. The average molecular weight is 393 g/mol. The summed E-state index contributed by atoms with van der Waals surface area (Å²) in [7, 11) is 0. The van der Waals surface area contributed by atoms with Gasteiger partial charge in [-0.2, -0.15) is 0 Å². The summed E-state index contributed by atoms with van der Waals surface area (Å²) in [4.78, 5) is 23.7. The van der Waals surface area contributed by atoms with Crippen molar-refractivity contribution in [1.29, 1.82) is 0 Å². The number of amides is 1. The number of nitrogens with one attached hydrogen (secondary N) is 1. The first-order chi connectivity index (χ1) is 13.6. The van der Waals surface area contributed by atoms with E-state index < -0.39 is 0 Å². The van der Waals surface area contributed by atoms with Crippen LogP contribution in [0.25, 0.3) is 0 Å². The Hall–Kier alpha value is -2.92. The third kappa shape index (κ3) is 4.15. The van der Waals surface area contributed by atoms with Crippen molar-refractivity contribution in [3.8, 4) is 0 Å². The molecule has 3 aromatic rings. The summed E-state index contributed by atoms with van der Waals surface area (Å²) in [6, 6.07) is 17.6. The minimum absolute atomic E-state index is 0.0606. The van der Waals surface area contributed by atoms with Crippen molar-refractivity contribution in [1.82, 2.24) is 14.9 Å². The molecule has 1 amide bonds. The molecule has 1 aliphatic rings. The van der Waals surface area contributed by atoms with Gasteiger partial charge in [-0.15, -0.1) is 0 Å². The van der Waals surface area contributed by atoms with Crippen molar-refractivity contribution >= 4 is 23.3 Å². The zero-order valence-corrected chi connectivity index (χ0v) is 16.4. The number of benzene rings is 2. The predicted octanol–water partition coefficient (Wildman–Crippen LogP) is 4.25. The monoisotopic (exact) mass is 392 g/mol. The number of aromatic nitrogens is 2. The van der Waals surface area contributed by atoms with Crippen molar-refractivity contribution in [3.05, 3.63) is 87.8 Å². The Morgan fingerprint density at radius 2 is 1.86 bits per heavy atom. The van der Waals surface area contributed by atoms with Gasteiger partial charge in [0.05, 0.1) is 0 Å². The van der Waals surface area contributed by atoms with E-state index in [0.717, 1.165) is 12.0 Å². The topological polar surface area (TPSA) is 58.1 Å². The van der Waals surface area contributed by atoms with Crippen LogP contribution in [-0.2, 0) is 19.5 Å². The number of hydrogen-bond acceptors (Lipinski definition) is 4. The standard InChI is InChI=1S/C22H21ClN4O/c1-15-25-20(12-21(26-15)24-13-16-6-8-19(23)9-7-16)22(28)27-11-10-17-4-2-3-5-18(17)14-27/h2-9,12H,10-11,13-14H2,1H3,(H,24,25,26). The van der Waals surface area contributed by atoms with E-state index in [1.165, 1.54) is 11.1 Å². The summed E-state index contributed by atoms with van der Waals surface area (Å²) in [5.41, 5.74) is 4.02. The van der Waals surface area contributed by atoms with Crippen LogP contribution in [0.1, 0.15) is 33.0 Å². The van der Waals surface area contributed by atoms with Crippen LogP contribution in [0.5, 0.6) is 0 Å². The lowest BCUT2D eigenvalue weighted by Crippen LogP contribution is -2.36. The zero-order chi connectivity index (χ0) is 19.5. The molecule has 1 aromatic heterocycles. The van der Waals surface area contributed by atoms with Crippen molar-refractivity contribution in [2.75, 3.05) is 11.9 Å². The molecule has 0 unspecified atom stereocenters. The Morgan fingerprint density at radius 1 is 1.11 bits per heavy atom. The van der Waals surface area contributed by atoms with Crippen LogP contribution in [0.3, 0.4) is 0 Å². The molecular formula is C22H21ClN4O. The fraction of sp³-hybridized carbons (Fsp3) is 0.227. The van der Waals surface area contributed by atoms with E-state index in [-0.39, 0.29) is 5.91 Å². The number of anilines is 1. The molecule has 1 aliphatic heterocycles. The summed E-state index contributed by atoms with van der Waals surface area (Å²) >= 11 is 5.93. The number of fused-ring (bicyclic) bond motifs is 1. The number of halogens is 1. The van der Waals surface area contributed by atoms with E-state index in [4.69, 9.17) is 11.6 Å². The van der Waals surface area contributed by atoms with E-state index in [2.05, 4.69) is 27.4 Å². The van der Waals surface area contributed by atoms with Gasteiger partial charge in [-0.25, -0.2) is 9.97 Å². The third-order valence-electron chi connectivity index (χ3n) is 4.86. The minimum atomic E-state index is -0.0606. The second-order valence-electron chi connectivity index (χ2n) is 6.91. The van der Waals surface area contributed by atoms with E-state index in [0.29, 0.717) is 42.0 Å². The molecule has 0 aliphatic carbocycles. The molecular weight excluding hydrogens is 372 g/mol. The van der Waals surface area contributed by atoms with E-state index in [1.807, 2.05) is 41.3 Å². The van der Waals surface area contributed by atoms with Crippen molar-refractivity contribution in [2.45, 2.75) is 26.4 Å². The summed E-state index contributed by atoms with van der Waals surface area (Å²) in [5, 5.41) is 3.98. The molecule has 4 rings (SSSR count). The lowest BCUT2D eigenvalue weighted by atomic mass is 10.00. The van der Waals surface area contributed by atoms with Crippen LogP contribution in [-0.4, -0.2) is 27.3 Å². The second-order valence-corrected chi connectivity index (χ2v) is 7.35. The highest BCUT2D eigenvalue weighted by Gasteiger charge is 2.23. The molecule has 28 heavy (non-hydrogen) atoms. The molecule has 2 aromatic carbocycles. The highest BCUT2D eigenvalue weighted by Crippen LogP contribution is 2.21. The van der Waals surface area contributed by atoms with Gasteiger partial charge in [0.15, 0.2) is 0 Å². The lowest BCUT2D eigenvalue weighted by Gasteiger charge is -2.28. The van der Waals surface area contributed by atoms with Gasteiger partial charge in [0.25, 0.3) is 5.91 Å². The Balaban J connectivity index is 1.49. The van der Waals surface area contributed by atoms with Gasteiger partial charge < -0.3 is 10.2 Å². The summed E-state index contributed by atoms with van der Waals surface area (Å²) in [6.07, 6.45) is 0.869. The fourth-order valence-corrected chi connectivity index (χ4v) is 3.52. The van der Waals surface area contributed by atoms with E-state index >= 15 is 0 Å². The van der Waals surface area contributed by atoms with Gasteiger partial charge in [-0.05, 0) is 42.2 Å². The first-order valence-corrected chi connectivity index (χ1v) is 9.66.